The summed E-state index contributed by atoms with van der Waals surface area (Å²) in [6.07, 6.45) is 9.18. The van der Waals surface area contributed by atoms with Gasteiger partial charge in [-0.2, -0.15) is 10.1 Å². The summed E-state index contributed by atoms with van der Waals surface area (Å²) in [4.78, 5) is 20.4. The van der Waals surface area contributed by atoms with E-state index in [-0.39, 0.29) is 5.91 Å². The number of carbonyl (C=O) groups is 1. The molecule has 220 valence electrons. The van der Waals surface area contributed by atoms with E-state index in [1.54, 1.807) is 0 Å². The van der Waals surface area contributed by atoms with E-state index in [0.717, 1.165) is 72.9 Å². The molecule has 43 heavy (non-hydrogen) atoms. The lowest BCUT2D eigenvalue weighted by Crippen LogP contribution is -2.37. The van der Waals surface area contributed by atoms with Crippen molar-refractivity contribution in [1.82, 2.24) is 14.7 Å². The van der Waals surface area contributed by atoms with Crippen molar-refractivity contribution in [2.75, 3.05) is 19.7 Å². The van der Waals surface area contributed by atoms with Crippen LogP contribution in [0, 0.1) is 5.92 Å². The summed E-state index contributed by atoms with van der Waals surface area (Å²) >= 11 is 8.09. The lowest BCUT2D eigenvalue weighted by Gasteiger charge is -2.32. The molecule has 6 nitrogen and oxygen atoms in total. The van der Waals surface area contributed by atoms with E-state index in [9.17, 15) is 4.79 Å². The Hall–Kier alpha value is -3.81. The molecule has 1 amide bonds. The van der Waals surface area contributed by atoms with E-state index in [0.29, 0.717) is 28.2 Å². The second-order valence-electron chi connectivity index (χ2n) is 11.0. The number of benzene rings is 3. The number of halogens is 1. The number of para-hydroxylation sites is 1. The van der Waals surface area contributed by atoms with Gasteiger partial charge in [0.25, 0.3) is 5.91 Å². The highest BCUT2D eigenvalue weighted by Crippen LogP contribution is 2.36. The molecule has 1 aromatic heterocycles. The molecule has 0 N–H and O–H groups in total. The third-order valence-corrected chi connectivity index (χ3v) is 9.21. The molecule has 3 heterocycles. The van der Waals surface area contributed by atoms with Gasteiger partial charge >= 0.3 is 0 Å². The van der Waals surface area contributed by atoms with Crippen molar-refractivity contribution in [3.63, 3.8) is 0 Å². The molecule has 0 spiro atoms. The molecule has 0 saturated carbocycles. The number of unbranched alkanes of at least 4 members (excludes halogenated alkanes) is 1. The molecule has 1 saturated heterocycles. The molecule has 4 aromatic rings. The first-order chi connectivity index (χ1) is 21.1. The molecular formula is C35H35ClN4O2S. The minimum absolute atomic E-state index is 0.206. The van der Waals surface area contributed by atoms with Gasteiger partial charge in [-0.25, -0.2) is 4.68 Å². The Morgan fingerprint density at radius 3 is 2.49 bits per heavy atom. The Morgan fingerprint density at radius 1 is 1.02 bits per heavy atom. The number of aromatic nitrogens is 2. The molecule has 0 radical (unpaired) electrons. The van der Waals surface area contributed by atoms with Crippen LogP contribution in [0.1, 0.15) is 43.7 Å². The number of rotatable bonds is 9. The Labute approximate surface area is 262 Å². The summed E-state index contributed by atoms with van der Waals surface area (Å²) < 4.78 is 7.70. The summed E-state index contributed by atoms with van der Waals surface area (Å²) in [5, 5.41) is 6.25. The van der Waals surface area contributed by atoms with E-state index in [2.05, 4.69) is 47.1 Å². The van der Waals surface area contributed by atoms with E-state index in [1.807, 2.05) is 65.5 Å². The topological polar surface area (TPSA) is 59.7 Å². The minimum atomic E-state index is -0.206. The number of piperidine rings is 1. The van der Waals surface area contributed by atoms with Gasteiger partial charge in [-0.15, -0.1) is 0 Å². The van der Waals surface area contributed by atoms with Crippen LogP contribution in [0.3, 0.4) is 0 Å². The molecule has 0 bridgehead atoms. The number of carbonyl (C=O) groups excluding carboxylic acids is 1. The highest BCUT2D eigenvalue weighted by molar-refractivity contribution is 8.18. The van der Waals surface area contributed by atoms with Crippen LogP contribution in [0.15, 0.2) is 95.0 Å². The minimum Gasteiger partial charge on any atom is -0.492 e. The molecule has 1 fully saturated rings. The van der Waals surface area contributed by atoms with Crippen LogP contribution in [0.25, 0.3) is 23.0 Å². The smallest absolute Gasteiger partial charge is 0.286 e. The van der Waals surface area contributed by atoms with Crippen LogP contribution in [0.2, 0.25) is 5.02 Å². The molecule has 0 aliphatic carbocycles. The monoisotopic (exact) mass is 610 g/mol. The number of hydrogen-bond donors (Lipinski definition) is 0. The van der Waals surface area contributed by atoms with Gasteiger partial charge in [0, 0.05) is 30.4 Å². The first kappa shape index (κ1) is 29.3. The van der Waals surface area contributed by atoms with Gasteiger partial charge in [-0.05, 0) is 85.3 Å². The molecule has 3 aromatic carbocycles. The number of nitrogens with zero attached hydrogens (tertiary/aromatic N) is 4. The third-order valence-electron chi connectivity index (χ3n) is 7.87. The zero-order chi connectivity index (χ0) is 29.6. The number of likely N-dealkylation sites (tertiary alicyclic amines) is 1. The predicted octanol–water partition coefficient (Wildman–Crippen LogP) is 8.30. The Kier molecular flexibility index (Phi) is 9.30. The van der Waals surface area contributed by atoms with Gasteiger partial charge in [-0.3, -0.25) is 4.79 Å². The zero-order valence-electron chi connectivity index (χ0n) is 24.3. The maximum Gasteiger partial charge on any atom is 0.286 e. The second kappa shape index (κ2) is 13.7. The molecule has 2 aliphatic heterocycles. The second-order valence-corrected chi connectivity index (χ2v) is 12.4. The Balaban J connectivity index is 1.21. The highest BCUT2D eigenvalue weighted by Gasteiger charge is 2.29. The van der Waals surface area contributed by atoms with Crippen LogP contribution in [-0.2, 0) is 11.2 Å². The summed E-state index contributed by atoms with van der Waals surface area (Å²) in [6, 6.07) is 26.4. The highest BCUT2D eigenvalue weighted by atomic mass is 35.5. The van der Waals surface area contributed by atoms with Crippen LogP contribution in [-0.4, -0.2) is 45.5 Å². The number of thioether (sulfide) groups is 1. The summed E-state index contributed by atoms with van der Waals surface area (Å²) in [6.45, 7) is 4.57. The van der Waals surface area contributed by atoms with Crippen molar-refractivity contribution >= 4 is 40.5 Å². The molecule has 2 aliphatic rings. The lowest BCUT2D eigenvalue weighted by atomic mass is 9.90. The van der Waals surface area contributed by atoms with Crippen molar-refractivity contribution in [2.24, 2.45) is 10.9 Å². The van der Waals surface area contributed by atoms with E-state index in [4.69, 9.17) is 21.4 Å². The van der Waals surface area contributed by atoms with Gasteiger partial charge in [0.15, 0.2) is 5.17 Å². The molecular weight excluding hydrogens is 576 g/mol. The van der Waals surface area contributed by atoms with Gasteiger partial charge in [-0.1, -0.05) is 73.5 Å². The van der Waals surface area contributed by atoms with Gasteiger partial charge in [0.05, 0.1) is 22.2 Å². The summed E-state index contributed by atoms with van der Waals surface area (Å²) in [7, 11) is 0. The van der Waals surface area contributed by atoms with Crippen molar-refractivity contribution < 1.29 is 9.53 Å². The number of aliphatic imine (C=N–C) groups is 1. The van der Waals surface area contributed by atoms with Crippen LogP contribution in [0.5, 0.6) is 5.75 Å². The van der Waals surface area contributed by atoms with Crippen LogP contribution in [0.4, 0.5) is 0 Å². The standard InChI is InChI=1S/C35H35ClN4O2S/c1-2-3-20-42-31-15-14-27(22-30(31)36)33-28(24-40(38-33)29-12-8-5-9-13-29)23-32-34(41)37-35(43-32)39-18-16-26(17-19-39)21-25-10-6-4-7-11-25/h4-15,22-24,26H,2-3,16-21H2,1H3/b32-23-. The lowest BCUT2D eigenvalue weighted by molar-refractivity contribution is -0.113. The van der Waals surface area contributed by atoms with E-state index < -0.39 is 0 Å². The fourth-order valence-electron chi connectivity index (χ4n) is 5.47. The number of ether oxygens (including phenoxy) is 1. The molecule has 0 atom stereocenters. The maximum atomic E-state index is 13.1. The average Bonchev–Trinajstić information content (AvgIpc) is 3.63. The van der Waals surface area contributed by atoms with Gasteiger partial charge < -0.3 is 9.64 Å². The van der Waals surface area contributed by atoms with E-state index >= 15 is 0 Å². The van der Waals surface area contributed by atoms with Crippen molar-refractivity contribution in [3.05, 3.63) is 106 Å². The first-order valence-corrected chi connectivity index (χ1v) is 16.2. The number of amides is 1. The molecule has 8 heteroatoms. The fourth-order valence-corrected chi connectivity index (χ4v) is 6.66. The fraction of sp³-hybridized carbons (Fsp3) is 0.286. The maximum absolute atomic E-state index is 13.1. The SMILES string of the molecule is CCCCOc1ccc(-c2nn(-c3ccccc3)cc2/C=C2\SC(N3CCC(Cc4ccccc4)CC3)=NC2=O)cc1Cl. The molecule has 0 unspecified atom stereocenters. The van der Waals surface area contributed by atoms with Gasteiger partial charge in [0.1, 0.15) is 11.4 Å². The number of amidine groups is 1. The quantitative estimate of drug-likeness (QED) is 0.141. The predicted molar refractivity (Wildman–Crippen MR) is 177 cm³/mol. The van der Waals surface area contributed by atoms with Crippen LogP contribution >= 0.6 is 23.4 Å². The van der Waals surface area contributed by atoms with Gasteiger partial charge in [0.2, 0.25) is 0 Å². The Bertz CT molecular complexity index is 1630. The normalized spacial score (nSPS) is 16.6. The van der Waals surface area contributed by atoms with E-state index in [1.165, 1.54) is 17.3 Å². The Morgan fingerprint density at radius 2 is 1.77 bits per heavy atom. The molecule has 6 rings (SSSR count). The number of hydrogen-bond acceptors (Lipinski definition) is 5. The van der Waals surface area contributed by atoms with Crippen molar-refractivity contribution in [2.45, 2.75) is 39.0 Å². The first-order valence-electron chi connectivity index (χ1n) is 15.0. The average molecular weight is 611 g/mol. The van der Waals surface area contributed by atoms with Crippen molar-refractivity contribution in [1.29, 1.82) is 0 Å². The third kappa shape index (κ3) is 7.06. The summed E-state index contributed by atoms with van der Waals surface area (Å²) in [5.74, 6) is 1.11. The largest absolute Gasteiger partial charge is 0.492 e. The van der Waals surface area contributed by atoms with Crippen LogP contribution < -0.4 is 4.74 Å². The zero-order valence-corrected chi connectivity index (χ0v) is 25.9. The summed E-state index contributed by atoms with van der Waals surface area (Å²) in [5.41, 5.74) is 4.74. The van der Waals surface area contributed by atoms with Crippen molar-refractivity contribution in [3.8, 4) is 22.7 Å².